The van der Waals surface area contributed by atoms with Crippen molar-refractivity contribution in [1.29, 1.82) is 0 Å². The van der Waals surface area contributed by atoms with Crippen LogP contribution in [-0.4, -0.2) is 25.8 Å². The molecule has 0 N–H and O–H groups in total. The number of carbonyl (C=O) groups excluding carboxylic acids is 1. The van der Waals surface area contributed by atoms with Gasteiger partial charge in [0.25, 0.3) is 0 Å². The summed E-state index contributed by atoms with van der Waals surface area (Å²) in [5.74, 6) is 1.24. The molecule has 0 aromatic carbocycles. The highest BCUT2D eigenvalue weighted by Gasteiger charge is 2.26. The van der Waals surface area contributed by atoms with Crippen molar-refractivity contribution in [2.24, 2.45) is 7.05 Å². The van der Waals surface area contributed by atoms with Crippen molar-refractivity contribution >= 4 is 17.5 Å². The Morgan fingerprint density at radius 3 is 2.79 bits per heavy atom. The Bertz CT molecular complexity index is 361. The summed E-state index contributed by atoms with van der Waals surface area (Å²) in [6.07, 6.45) is 2.73. The van der Waals surface area contributed by atoms with Crippen molar-refractivity contribution in [3.8, 4) is 0 Å². The van der Waals surface area contributed by atoms with Crippen molar-refractivity contribution in [1.82, 2.24) is 14.8 Å². The van der Waals surface area contributed by atoms with Gasteiger partial charge in [0.05, 0.1) is 5.25 Å². The molecule has 0 bridgehead atoms. The summed E-state index contributed by atoms with van der Waals surface area (Å²) in [6, 6.07) is 0. The lowest BCUT2D eigenvalue weighted by molar-refractivity contribution is -0.116. The summed E-state index contributed by atoms with van der Waals surface area (Å²) >= 11 is 1.55. The zero-order valence-electron chi connectivity index (χ0n) is 8.36. The molecule has 1 aliphatic rings. The molecule has 1 heterocycles. The minimum atomic E-state index is 0.109. The first kappa shape index (κ1) is 9.71. The maximum Gasteiger partial charge on any atom is 0.191 e. The molecule has 5 heteroatoms. The molecule has 1 fully saturated rings. The van der Waals surface area contributed by atoms with Crippen LogP contribution >= 0.6 is 11.8 Å². The van der Waals surface area contributed by atoms with Crippen LogP contribution in [0.25, 0.3) is 0 Å². The summed E-state index contributed by atoms with van der Waals surface area (Å²) in [5.41, 5.74) is 0. The first-order chi connectivity index (χ1) is 6.68. The predicted molar refractivity (Wildman–Crippen MR) is 54.2 cm³/mol. The summed E-state index contributed by atoms with van der Waals surface area (Å²) in [5, 5.41) is 8.96. The number of Topliss-reactive ketones (excluding diaryl/α,β-unsaturated/α-hetero) is 1. The van der Waals surface area contributed by atoms with Gasteiger partial charge in [-0.15, -0.1) is 10.2 Å². The van der Waals surface area contributed by atoms with Crippen LogP contribution in [0.3, 0.4) is 0 Å². The Morgan fingerprint density at radius 2 is 2.29 bits per heavy atom. The summed E-state index contributed by atoms with van der Waals surface area (Å²) in [7, 11) is 1.93. The summed E-state index contributed by atoms with van der Waals surface area (Å²) < 4.78 is 1.93. The number of carbonyl (C=O) groups is 1. The number of nitrogens with zero attached hydrogens (tertiary/aromatic N) is 3. The number of aromatic nitrogens is 3. The number of rotatable bonds is 2. The van der Waals surface area contributed by atoms with Crippen molar-refractivity contribution in [3.63, 3.8) is 0 Å². The van der Waals surface area contributed by atoms with Gasteiger partial charge in [-0.1, -0.05) is 11.8 Å². The van der Waals surface area contributed by atoms with E-state index in [1.807, 2.05) is 18.5 Å². The molecule has 1 aliphatic carbocycles. The van der Waals surface area contributed by atoms with Crippen LogP contribution in [0.2, 0.25) is 0 Å². The molecule has 0 spiro atoms. The quantitative estimate of drug-likeness (QED) is 0.740. The second-order valence-corrected chi connectivity index (χ2v) is 4.72. The topological polar surface area (TPSA) is 47.8 Å². The molecule has 76 valence electrons. The van der Waals surface area contributed by atoms with E-state index in [1.165, 1.54) is 0 Å². The predicted octanol–water partition coefficient (Wildman–Crippen LogP) is 1.34. The molecule has 0 amide bonds. The van der Waals surface area contributed by atoms with Crippen molar-refractivity contribution in [3.05, 3.63) is 5.82 Å². The van der Waals surface area contributed by atoms with E-state index in [2.05, 4.69) is 10.2 Å². The van der Waals surface area contributed by atoms with Gasteiger partial charge >= 0.3 is 0 Å². The molecule has 1 saturated carbocycles. The maximum absolute atomic E-state index is 11.4. The number of hydrogen-bond acceptors (Lipinski definition) is 4. The van der Waals surface area contributed by atoms with Gasteiger partial charge in [-0.05, 0) is 19.8 Å². The highest BCUT2D eigenvalue weighted by Crippen LogP contribution is 2.31. The molecule has 1 aromatic heterocycles. The average Bonchev–Trinajstić information content (AvgIpc) is 2.68. The second-order valence-electron chi connectivity index (χ2n) is 3.55. The Hall–Kier alpha value is -0.840. The standard InChI is InChI=1S/C9H13N3OS/c1-6-10-11-9(12(6)2)14-8-5-3-4-7(8)13/h8H,3-5H2,1-2H3. The molecular weight excluding hydrogens is 198 g/mol. The van der Waals surface area contributed by atoms with Gasteiger partial charge in [-0.3, -0.25) is 4.79 Å². The van der Waals surface area contributed by atoms with Crippen LogP contribution < -0.4 is 0 Å². The third-order valence-electron chi connectivity index (χ3n) is 2.55. The van der Waals surface area contributed by atoms with E-state index in [0.29, 0.717) is 5.78 Å². The molecule has 2 rings (SSSR count). The Kier molecular flexibility index (Phi) is 2.58. The fourth-order valence-corrected chi connectivity index (χ4v) is 2.69. The Balaban J connectivity index is 2.10. The summed E-state index contributed by atoms with van der Waals surface area (Å²) in [6.45, 7) is 1.91. The third-order valence-corrected chi connectivity index (χ3v) is 3.90. The van der Waals surface area contributed by atoms with Crippen LogP contribution in [0.4, 0.5) is 0 Å². The lowest BCUT2D eigenvalue weighted by Gasteiger charge is -2.06. The van der Waals surface area contributed by atoms with Crippen molar-refractivity contribution < 1.29 is 4.79 Å². The minimum Gasteiger partial charge on any atom is -0.309 e. The van der Waals surface area contributed by atoms with Crippen molar-refractivity contribution in [2.45, 2.75) is 36.6 Å². The van der Waals surface area contributed by atoms with Crippen LogP contribution in [0.1, 0.15) is 25.1 Å². The van der Waals surface area contributed by atoms with Gasteiger partial charge < -0.3 is 4.57 Å². The number of ketones is 1. The van der Waals surface area contributed by atoms with Gasteiger partial charge in [0.2, 0.25) is 0 Å². The van der Waals surface area contributed by atoms with E-state index in [4.69, 9.17) is 0 Å². The molecular formula is C9H13N3OS. The van der Waals surface area contributed by atoms with Crippen LogP contribution in [0, 0.1) is 6.92 Å². The molecule has 1 atom stereocenters. The van der Waals surface area contributed by atoms with Gasteiger partial charge in [-0.2, -0.15) is 0 Å². The van der Waals surface area contributed by atoms with Crippen LogP contribution in [-0.2, 0) is 11.8 Å². The zero-order valence-corrected chi connectivity index (χ0v) is 9.17. The summed E-state index contributed by atoms with van der Waals surface area (Å²) in [4.78, 5) is 11.4. The molecule has 0 saturated heterocycles. The van der Waals surface area contributed by atoms with Gasteiger partial charge in [0.15, 0.2) is 5.16 Å². The smallest absolute Gasteiger partial charge is 0.191 e. The monoisotopic (exact) mass is 211 g/mol. The highest BCUT2D eigenvalue weighted by molar-refractivity contribution is 8.00. The van der Waals surface area contributed by atoms with Crippen LogP contribution in [0.15, 0.2) is 5.16 Å². The van der Waals surface area contributed by atoms with E-state index >= 15 is 0 Å². The second kappa shape index (κ2) is 3.73. The lowest BCUT2D eigenvalue weighted by Crippen LogP contribution is -2.09. The number of hydrogen-bond donors (Lipinski definition) is 0. The zero-order chi connectivity index (χ0) is 10.1. The SMILES string of the molecule is Cc1nnc(SC2CCCC2=O)n1C. The van der Waals surface area contributed by atoms with E-state index in [1.54, 1.807) is 11.8 Å². The van der Waals surface area contributed by atoms with E-state index < -0.39 is 0 Å². The van der Waals surface area contributed by atoms with Gasteiger partial charge in [0.1, 0.15) is 11.6 Å². The molecule has 4 nitrogen and oxygen atoms in total. The Morgan fingerprint density at radius 1 is 1.50 bits per heavy atom. The normalized spacial score (nSPS) is 21.9. The first-order valence-electron chi connectivity index (χ1n) is 4.74. The minimum absolute atomic E-state index is 0.109. The molecule has 1 unspecified atom stereocenters. The number of thioether (sulfide) groups is 1. The van der Waals surface area contributed by atoms with E-state index in [9.17, 15) is 4.79 Å². The largest absolute Gasteiger partial charge is 0.309 e. The van der Waals surface area contributed by atoms with E-state index in [-0.39, 0.29) is 5.25 Å². The fourth-order valence-electron chi connectivity index (χ4n) is 1.53. The van der Waals surface area contributed by atoms with Gasteiger partial charge in [0, 0.05) is 13.5 Å². The highest BCUT2D eigenvalue weighted by atomic mass is 32.2. The maximum atomic E-state index is 11.4. The molecule has 0 aliphatic heterocycles. The van der Waals surface area contributed by atoms with Crippen molar-refractivity contribution in [2.75, 3.05) is 0 Å². The first-order valence-corrected chi connectivity index (χ1v) is 5.62. The van der Waals surface area contributed by atoms with Crippen LogP contribution in [0.5, 0.6) is 0 Å². The lowest BCUT2D eigenvalue weighted by atomic mass is 10.3. The Labute approximate surface area is 87.1 Å². The molecule has 0 radical (unpaired) electrons. The van der Waals surface area contributed by atoms with E-state index in [0.717, 1.165) is 30.2 Å². The molecule has 14 heavy (non-hydrogen) atoms. The average molecular weight is 211 g/mol. The molecule has 1 aromatic rings. The third kappa shape index (κ3) is 1.68. The fraction of sp³-hybridized carbons (Fsp3) is 0.667. The van der Waals surface area contributed by atoms with Gasteiger partial charge in [-0.25, -0.2) is 0 Å². The number of aryl methyl sites for hydroxylation is 1.